The van der Waals surface area contributed by atoms with E-state index in [9.17, 15) is 14.4 Å². The Balaban J connectivity index is 2.49. The van der Waals surface area contributed by atoms with Crippen molar-refractivity contribution in [3.05, 3.63) is 35.4 Å². The largest absolute Gasteiger partial charge is 0.296 e. The lowest BCUT2D eigenvalue weighted by atomic mass is 9.98. The van der Waals surface area contributed by atoms with E-state index in [1.165, 1.54) is 13.8 Å². The van der Waals surface area contributed by atoms with E-state index in [1.807, 2.05) is 0 Å². The highest BCUT2D eigenvalue weighted by Gasteiger charge is 2.47. The highest BCUT2D eigenvalue weighted by molar-refractivity contribution is 6.30. The van der Waals surface area contributed by atoms with E-state index in [-0.39, 0.29) is 11.7 Å². The van der Waals surface area contributed by atoms with Crippen LogP contribution in [0, 0.1) is 0 Å². The summed E-state index contributed by atoms with van der Waals surface area (Å²) in [7, 11) is 0. The molecule has 1 aromatic carbocycles. The molecule has 0 unspecified atom stereocenters. The lowest BCUT2D eigenvalue weighted by molar-refractivity contribution is -0.124. The molecule has 0 fully saturated rings. The predicted octanol–water partition coefficient (Wildman–Crippen LogP) is 1.87. The number of fused-ring (bicyclic) bond motifs is 1. The van der Waals surface area contributed by atoms with Gasteiger partial charge in [-0.15, -0.1) is 11.6 Å². The number of Topliss-reactive ketones (excluding diaryl/α,β-unsaturated/α-hetero) is 1. The lowest BCUT2D eigenvalue weighted by Gasteiger charge is -2.31. The number of hydrogen-bond donors (Lipinski definition) is 0. The van der Waals surface area contributed by atoms with Crippen molar-refractivity contribution in [2.45, 2.75) is 19.4 Å². The van der Waals surface area contributed by atoms with Crippen molar-refractivity contribution >= 4 is 29.2 Å². The number of rotatable bonds is 3. The number of nitrogens with zero attached hydrogens (tertiary/aromatic N) is 1. The Kier molecular flexibility index (Phi) is 2.99. The van der Waals surface area contributed by atoms with Crippen molar-refractivity contribution in [3.63, 3.8) is 0 Å². The smallest absolute Gasteiger partial charge is 0.262 e. The molecule has 0 aliphatic carbocycles. The zero-order chi connectivity index (χ0) is 13.5. The molecule has 1 aromatic rings. The molecule has 0 spiro atoms. The number of carbonyl (C=O) groups excluding carboxylic acids is 3. The fourth-order valence-electron chi connectivity index (χ4n) is 1.99. The summed E-state index contributed by atoms with van der Waals surface area (Å²) in [5, 5.41) is 0. The molecule has 1 aliphatic heterocycles. The Hall–Kier alpha value is -1.68. The summed E-state index contributed by atoms with van der Waals surface area (Å²) in [6, 6.07) is 6.53. The van der Waals surface area contributed by atoms with Gasteiger partial charge in [0.15, 0.2) is 5.78 Å². The summed E-state index contributed by atoms with van der Waals surface area (Å²) < 4.78 is 0. The van der Waals surface area contributed by atoms with Gasteiger partial charge in [-0.25, -0.2) is 0 Å². The minimum Gasteiger partial charge on any atom is -0.296 e. The van der Waals surface area contributed by atoms with Gasteiger partial charge in [-0.1, -0.05) is 12.1 Å². The van der Waals surface area contributed by atoms with Crippen LogP contribution >= 0.6 is 11.6 Å². The molecule has 0 saturated heterocycles. The van der Waals surface area contributed by atoms with Crippen LogP contribution in [0.5, 0.6) is 0 Å². The quantitative estimate of drug-likeness (QED) is 0.619. The molecule has 2 rings (SSSR count). The second-order valence-corrected chi connectivity index (χ2v) is 4.87. The summed E-state index contributed by atoms with van der Waals surface area (Å²) in [6.45, 7) is 3.05. The second kappa shape index (κ2) is 4.21. The molecule has 1 aliphatic rings. The summed E-state index contributed by atoms with van der Waals surface area (Å²) in [5.41, 5.74) is -0.564. The van der Waals surface area contributed by atoms with E-state index < -0.39 is 17.4 Å². The van der Waals surface area contributed by atoms with Crippen LogP contribution < -0.4 is 0 Å². The first-order valence-electron chi connectivity index (χ1n) is 5.48. The first kappa shape index (κ1) is 12.8. The van der Waals surface area contributed by atoms with Gasteiger partial charge in [0.1, 0.15) is 5.54 Å². The number of imide groups is 1. The molecule has 1 heterocycles. The Bertz CT molecular complexity index is 516. The Labute approximate surface area is 110 Å². The molecular weight excluding hydrogens is 254 g/mol. The fourth-order valence-corrected chi connectivity index (χ4v) is 2.31. The van der Waals surface area contributed by atoms with Crippen molar-refractivity contribution in [1.82, 2.24) is 4.90 Å². The van der Waals surface area contributed by atoms with Gasteiger partial charge < -0.3 is 0 Å². The number of amides is 2. The zero-order valence-corrected chi connectivity index (χ0v) is 10.8. The van der Waals surface area contributed by atoms with Crippen LogP contribution in [0.15, 0.2) is 24.3 Å². The number of ketones is 1. The molecule has 0 bridgehead atoms. The van der Waals surface area contributed by atoms with Crippen LogP contribution in [0.4, 0.5) is 0 Å². The minimum atomic E-state index is -1.23. The molecular formula is C13H12ClNO3. The average Bonchev–Trinajstić information content (AvgIpc) is 2.62. The number of hydrogen-bond acceptors (Lipinski definition) is 3. The third kappa shape index (κ3) is 1.64. The van der Waals surface area contributed by atoms with Gasteiger partial charge in [-0.05, 0) is 26.0 Å². The monoisotopic (exact) mass is 265 g/mol. The van der Waals surface area contributed by atoms with Crippen LogP contribution in [-0.4, -0.2) is 33.9 Å². The van der Waals surface area contributed by atoms with Gasteiger partial charge >= 0.3 is 0 Å². The Morgan fingerprint density at radius 1 is 1.17 bits per heavy atom. The van der Waals surface area contributed by atoms with Gasteiger partial charge in [0.2, 0.25) is 0 Å². The number of alkyl halides is 1. The maximum atomic E-state index is 12.2. The van der Waals surface area contributed by atoms with Crippen molar-refractivity contribution in [3.8, 4) is 0 Å². The van der Waals surface area contributed by atoms with Gasteiger partial charge in [0, 0.05) is 0 Å². The molecule has 5 heteroatoms. The molecule has 2 amide bonds. The van der Waals surface area contributed by atoms with Gasteiger partial charge in [0.05, 0.1) is 17.0 Å². The SMILES string of the molecule is CC(C)(C(=O)CCl)N1C(=O)c2ccccc2C1=O. The lowest BCUT2D eigenvalue weighted by Crippen LogP contribution is -2.53. The zero-order valence-electron chi connectivity index (χ0n) is 10.1. The second-order valence-electron chi connectivity index (χ2n) is 4.61. The van der Waals surface area contributed by atoms with Gasteiger partial charge in [-0.3, -0.25) is 19.3 Å². The molecule has 0 aromatic heterocycles. The van der Waals surface area contributed by atoms with Crippen molar-refractivity contribution in [2.75, 3.05) is 5.88 Å². The maximum Gasteiger partial charge on any atom is 0.262 e. The highest BCUT2D eigenvalue weighted by atomic mass is 35.5. The van der Waals surface area contributed by atoms with Crippen LogP contribution in [0.2, 0.25) is 0 Å². The predicted molar refractivity (Wildman–Crippen MR) is 66.7 cm³/mol. The van der Waals surface area contributed by atoms with Crippen molar-refractivity contribution < 1.29 is 14.4 Å². The van der Waals surface area contributed by atoms with E-state index in [2.05, 4.69) is 0 Å². The van der Waals surface area contributed by atoms with Crippen LogP contribution in [0.1, 0.15) is 34.6 Å². The number of carbonyl (C=O) groups is 3. The molecule has 4 nitrogen and oxygen atoms in total. The molecule has 18 heavy (non-hydrogen) atoms. The third-order valence-electron chi connectivity index (χ3n) is 3.16. The van der Waals surface area contributed by atoms with Crippen molar-refractivity contribution in [2.24, 2.45) is 0 Å². The topological polar surface area (TPSA) is 54.5 Å². The van der Waals surface area contributed by atoms with E-state index in [0.717, 1.165) is 4.90 Å². The maximum absolute atomic E-state index is 12.2. The first-order chi connectivity index (χ1) is 8.41. The number of halogens is 1. The average molecular weight is 266 g/mol. The minimum absolute atomic E-state index is 0.236. The highest BCUT2D eigenvalue weighted by Crippen LogP contribution is 2.29. The molecule has 0 atom stereocenters. The van der Waals surface area contributed by atoms with E-state index in [4.69, 9.17) is 11.6 Å². The van der Waals surface area contributed by atoms with Gasteiger partial charge in [0.25, 0.3) is 11.8 Å². The Morgan fingerprint density at radius 2 is 1.61 bits per heavy atom. The van der Waals surface area contributed by atoms with Crippen LogP contribution in [0.25, 0.3) is 0 Å². The molecule has 0 N–H and O–H groups in total. The van der Waals surface area contributed by atoms with Crippen molar-refractivity contribution in [1.29, 1.82) is 0 Å². The number of benzene rings is 1. The first-order valence-corrected chi connectivity index (χ1v) is 6.02. The van der Waals surface area contributed by atoms with E-state index >= 15 is 0 Å². The van der Waals surface area contributed by atoms with Crippen LogP contribution in [0.3, 0.4) is 0 Å². The van der Waals surface area contributed by atoms with Gasteiger partial charge in [-0.2, -0.15) is 0 Å². The summed E-state index contributed by atoms with van der Waals surface area (Å²) >= 11 is 5.52. The summed E-state index contributed by atoms with van der Waals surface area (Å²) in [6.07, 6.45) is 0. The normalized spacial score (nSPS) is 14.9. The molecule has 0 radical (unpaired) electrons. The fraction of sp³-hybridized carbons (Fsp3) is 0.308. The van der Waals surface area contributed by atoms with E-state index in [1.54, 1.807) is 24.3 Å². The molecule has 94 valence electrons. The molecule has 0 saturated carbocycles. The summed E-state index contributed by atoms with van der Waals surface area (Å²) in [5.74, 6) is -1.49. The third-order valence-corrected chi connectivity index (χ3v) is 3.40. The van der Waals surface area contributed by atoms with Crippen LogP contribution in [-0.2, 0) is 4.79 Å². The Morgan fingerprint density at radius 3 is 2.00 bits per heavy atom. The standard InChI is InChI=1S/C13H12ClNO3/c1-13(2,10(16)7-14)15-11(17)8-5-3-4-6-9(8)12(15)18/h3-6H,7H2,1-2H3. The van der Waals surface area contributed by atoms with E-state index in [0.29, 0.717) is 11.1 Å². The summed E-state index contributed by atoms with van der Waals surface area (Å²) in [4.78, 5) is 37.1.